The molecule has 1 aliphatic rings. The second-order valence-corrected chi connectivity index (χ2v) is 7.09. The molecular weight excluding hydrogens is 352 g/mol. The van der Waals surface area contributed by atoms with Crippen LogP contribution in [-0.4, -0.2) is 37.1 Å². The van der Waals surface area contributed by atoms with Gasteiger partial charge in [0.25, 0.3) is 11.5 Å². The van der Waals surface area contributed by atoms with E-state index in [0.29, 0.717) is 36.6 Å². The summed E-state index contributed by atoms with van der Waals surface area (Å²) in [5.74, 6) is -1.55. The van der Waals surface area contributed by atoms with Crippen LogP contribution < -0.4 is 16.6 Å². The molecule has 0 atom stereocenters. The molecule has 2 N–H and O–H groups in total. The first-order chi connectivity index (χ1) is 12.7. The van der Waals surface area contributed by atoms with Crippen molar-refractivity contribution < 1.29 is 14.7 Å². The molecule has 1 aliphatic carbocycles. The number of aryl methyl sites for hydroxylation is 2. The van der Waals surface area contributed by atoms with E-state index >= 15 is 0 Å². The van der Waals surface area contributed by atoms with Crippen LogP contribution in [0.2, 0.25) is 0 Å². The molecule has 1 saturated carbocycles. The molecule has 0 aromatic carbocycles. The van der Waals surface area contributed by atoms with Crippen LogP contribution in [-0.2, 0) is 18.9 Å². The first kappa shape index (κ1) is 18.8. The summed E-state index contributed by atoms with van der Waals surface area (Å²) in [5.41, 5.74) is -0.0941. The number of amides is 1. The number of fused-ring (bicyclic) bond motifs is 1. The average molecular weight is 374 g/mol. The van der Waals surface area contributed by atoms with Gasteiger partial charge in [0, 0.05) is 20.1 Å². The summed E-state index contributed by atoms with van der Waals surface area (Å²) in [6, 6.07) is 1.42. The summed E-state index contributed by atoms with van der Waals surface area (Å²) in [7, 11) is 2.91. The number of rotatable bonds is 3. The van der Waals surface area contributed by atoms with Gasteiger partial charge in [0.2, 0.25) is 0 Å². The van der Waals surface area contributed by atoms with E-state index in [9.17, 15) is 19.2 Å². The highest BCUT2D eigenvalue weighted by Crippen LogP contribution is 2.24. The van der Waals surface area contributed by atoms with E-state index in [1.165, 1.54) is 24.7 Å². The molecule has 9 nitrogen and oxygen atoms in total. The van der Waals surface area contributed by atoms with Gasteiger partial charge in [-0.25, -0.2) is 9.78 Å². The molecule has 1 fully saturated rings. The molecule has 27 heavy (non-hydrogen) atoms. The van der Waals surface area contributed by atoms with Crippen LogP contribution in [0.4, 0.5) is 0 Å². The Balaban J connectivity index is 1.89. The molecule has 0 unspecified atom stereocenters. The highest BCUT2D eigenvalue weighted by Gasteiger charge is 2.27. The van der Waals surface area contributed by atoms with Gasteiger partial charge in [0.1, 0.15) is 11.3 Å². The molecular formula is C18H22N4O5. The maximum absolute atomic E-state index is 12.6. The minimum atomic E-state index is -0.797. The molecule has 3 rings (SSSR count). The van der Waals surface area contributed by atoms with E-state index < -0.39 is 23.1 Å². The molecule has 2 aromatic heterocycles. The lowest BCUT2D eigenvalue weighted by atomic mass is 9.86. The van der Waals surface area contributed by atoms with Crippen LogP contribution in [0.1, 0.15) is 41.7 Å². The van der Waals surface area contributed by atoms with Gasteiger partial charge in [-0.3, -0.25) is 23.5 Å². The predicted molar refractivity (Wildman–Crippen MR) is 97.8 cm³/mol. The van der Waals surface area contributed by atoms with Crippen molar-refractivity contribution in [1.29, 1.82) is 0 Å². The lowest BCUT2D eigenvalue weighted by Crippen LogP contribution is -2.40. The summed E-state index contributed by atoms with van der Waals surface area (Å²) in [6.07, 6.45) is 2.23. The topological polar surface area (TPSA) is 123 Å². The van der Waals surface area contributed by atoms with E-state index in [1.807, 2.05) is 0 Å². The number of nitrogens with one attached hydrogen (secondary N) is 1. The van der Waals surface area contributed by atoms with Crippen LogP contribution in [0.15, 0.2) is 15.7 Å². The minimum absolute atomic E-state index is 0.113. The molecule has 0 radical (unpaired) electrons. The van der Waals surface area contributed by atoms with E-state index in [0.717, 1.165) is 4.57 Å². The molecule has 0 saturated heterocycles. The van der Waals surface area contributed by atoms with Gasteiger partial charge in [-0.15, -0.1) is 0 Å². The Morgan fingerprint density at radius 1 is 1.15 bits per heavy atom. The summed E-state index contributed by atoms with van der Waals surface area (Å²) < 4.78 is 2.26. The number of aliphatic carboxylic acids is 1. The molecule has 0 spiro atoms. The van der Waals surface area contributed by atoms with Gasteiger partial charge in [-0.2, -0.15) is 0 Å². The number of carboxylic acid groups (broad SMARTS) is 1. The number of carboxylic acids is 1. The number of carbonyl (C=O) groups excluding carboxylic acids is 1. The van der Waals surface area contributed by atoms with E-state index in [-0.39, 0.29) is 23.3 Å². The lowest BCUT2D eigenvalue weighted by Gasteiger charge is -2.26. The van der Waals surface area contributed by atoms with Crippen molar-refractivity contribution in [1.82, 2.24) is 19.4 Å². The second kappa shape index (κ2) is 6.98. The van der Waals surface area contributed by atoms with Crippen LogP contribution in [0.25, 0.3) is 11.0 Å². The van der Waals surface area contributed by atoms with Gasteiger partial charge in [0.05, 0.1) is 11.3 Å². The molecule has 144 valence electrons. The number of hydrogen-bond donors (Lipinski definition) is 2. The third-order valence-corrected chi connectivity index (χ3v) is 5.25. The van der Waals surface area contributed by atoms with Gasteiger partial charge >= 0.3 is 11.7 Å². The van der Waals surface area contributed by atoms with Gasteiger partial charge < -0.3 is 10.4 Å². The minimum Gasteiger partial charge on any atom is -0.481 e. The predicted octanol–water partition coefficient (Wildman–Crippen LogP) is 0.314. The van der Waals surface area contributed by atoms with E-state index in [1.54, 1.807) is 6.92 Å². The average Bonchev–Trinajstić information content (AvgIpc) is 2.64. The summed E-state index contributed by atoms with van der Waals surface area (Å²) in [4.78, 5) is 52.4. The summed E-state index contributed by atoms with van der Waals surface area (Å²) in [6.45, 7) is 1.70. The van der Waals surface area contributed by atoms with E-state index in [4.69, 9.17) is 5.11 Å². The van der Waals surface area contributed by atoms with Crippen molar-refractivity contribution >= 4 is 22.9 Å². The zero-order chi connectivity index (χ0) is 19.9. The number of pyridine rings is 1. The molecule has 9 heteroatoms. The molecule has 2 aromatic rings. The highest BCUT2D eigenvalue weighted by molar-refractivity contribution is 5.95. The Bertz CT molecular complexity index is 1040. The van der Waals surface area contributed by atoms with Crippen molar-refractivity contribution in [3.63, 3.8) is 0 Å². The molecule has 2 heterocycles. The van der Waals surface area contributed by atoms with Crippen LogP contribution in [0.3, 0.4) is 0 Å². The maximum atomic E-state index is 12.6. The van der Waals surface area contributed by atoms with Crippen LogP contribution >= 0.6 is 0 Å². The fourth-order valence-electron chi connectivity index (χ4n) is 3.59. The number of nitrogens with zero attached hydrogens (tertiary/aromatic N) is 3. The Morgan fingerprint density at radius 2 is 1.78 bits per heavy atom. The van der Waals surface area contributed by atoms with Crippen molar-refractivity contribution in [2.24, 2.45) is 20.0 Å². The third-order valence-electron chi connectivity index (χ3n) is 5.25. The summed E-state index contributed by atoms with van der Waals surface area (Å²) >= 11 is 0. The van der Waals surface area contributed by atoms with Gasteiger partial charge in [-0.1, -0.05) is 0 Å². The quantitative estimate of drug-likeness (QED) is 0.797. The number of carbonyl (C=O) groups is 2. The van der Waals surface area contributed by atoms with Gasteiger partial charge in [-0.05, 0) is 44.2 Å². The molecule has 0 aliphatic heterocycles. The normalized spacial score (nSPS) is 19.8. The third kappa shape index (κ3) is 3.36. The van der Waals surface area contributed by atoms with Crippen molar-refractivity contribution in [2.75, 3.05) is 0 Å². The summed E-state index contributed by atoms with van der Waals surface area (Å²) in [5, 5.41) is 12.2. The highest BCUT2D eigenvalue weighted by atomic mass is 16.4. The largest absolute Gasteiger partial charge is 0.481 e. The Morgan fingerprint density at radius 3 is 2.37 bits per heavy atom. The monoisotopic (exact) mass is 374 g/mol. The first-order valence-corrected chi connectivity index (χ1v) is 8.81. The Hall–Kier alpha value is -2.97. The maximum Gasteiger partial charge on any atom is 0.332 e. The first-order valence-electron chi connectivity index (χ1n) is 8.81. The zero-order valence-corrected chi connectivity index (χ0v) is 15.5. The standard InChI is InChI=1S/C18H22N4O5/c1-9-8-12(15(23)19-11-6-4-10(5-7-11)17(25)26)20-14-13(9)16(24)22(3)18(27)21(14)2/h8,10-11H,4-7H2,1-3H3,(H,19,23)(H,25,26). The zero-order valence-electron chi connectivity index (χ0n) is 15.5. The number of aromatic nitrogens is 3. The smallest absolute Gasteiger partial charge is 0.332 e. The number of hydrogen-bond acceptors (Lipinski definition) is 5. The van der Waals surface area contributed by atoms with E-state index in [2.05, 4.69) is 10.3 Å². The van der Waals surface area contributed by atoms with Gasteiger partial charge in [0.15, 0.2) is 0 Å². The lowest BCUT2D eigenvalue weighted by molar-refractivity contribution is -0.142. The molecule has 0 bridgehead atoms. The van der Waals surface area contributed by atoms with Crippen molar-refractivity contribution in [2.45, 2.75) is 38.6 Å². The van der Waals surface area contributed by atoms with Crippen molar-refractivity contribution in [3.8, 4) is 0 Å². The van der Waals surface area contributed by atoms with Crippen LogP contribution in [0.5, 0.6) is 0 Å². The Kier molecular flexibility index (Phi) is 4.86. The SMILES string of the molecule is Cc1cc(C(=O)NC2CCC(C(=O)O)CC2)nc2c1c(=O)n(C)c(=O)n2C. The molecule has 1 amide bonds. The van der Waals surface area contributed by atoms with Crippen molar-refractivity contribution in [3.05, 3.63) is 38.2 Å². The van der Waals surface area contributed by atoms with Crippen LogP contribution in [0, 0.1) is 12.8 Å². The second-order valence-electron chi connectivity index (χ2n) is 7.09. The Labute approximate surface area is 154 Å². The fourth-order valence-corrected chi connectivity index (χ4v) is 3.59. The fraction of sp³-hybridized carbons (Fsp3) is 0.500.